The number of carbonyl (C=O) groups is 3. The lowest BCUT2D eigenvalue weighted by Crippen LogP contribution is -2.55. The van der Waals surface area contributed by atoms with E-state index in [1.54, 1.807) is 46.0 Å². The van der Waals surface area contributed by atoms with Crippen LogP contribution in [0.1, 0.15) is 65.4 Å². The summed E-state index contributed by atoms with van der Waals surface area (Å²) < 4.78 is 22.7. The average molecular weight is 593 g/mol. The second kappa shape index (κ2) is 12.3. The first kappa shape index (κ1) is 30.5. The minimum absolute atomic E-state index is 0.000170. The Bertz CT molecular complexity index is 1400. The van der Waals surface area contributed by atoms with Crippen LogP contribution >= 0.6 is 0 Å². The van der Waals surface area contributed by atoms with Gasteiger partial charge in [0, 0.05) is 50.8 Å². The van der Waals surface area contributed by atoms with E-state index in [-0.39, 0.29) is 24.3 Å². The summed E-state index contributed by atoms with van der Waals surface area (Å²) >= 11 is 0. The molecule has 4 atom stereocenters. The summed E-state index contributed by atoms with van der Waals surface area (Å²) in [6.45, 7) is 9.21. The first-order chi connectivity index (χ1) is 20.4. The van der Waals surface area contributed by atoms with E-state index in [4.69, 9.17) is 4.74 Å². The summed E-state index contributed by atoms with van der Waals surface area (Å²) in [4.78, 5) is 41.3. The number of amides is 3. The Morgan fingerprint density at radius 2 is 1.91 bits per heavy atom. The number of nitriles is 1. The molecule has 2 aromatic rings. The van der Waals surface area contributed by atoms with Gasteiger partial charge in [0.1, 0.15) is 23.5 Å². The molecular weight excluding hydrogens is 551 g/mol. The molecule has 1 aromatic carbocycles. The lowest BCUT2D eigenvalue weighted by atomic mass is 9.96. The molecule has 0 spiro atoms. The third-order valence-corrected chi connectivity index (χ3v) is 8.88. The minimum atomic E-state index is -0.954. The van der Waals surface area contributed by atoms with Crippen molar-refractivity contribution in [2.24, 2.45) is 11.8 Å². The van der Waals surface area contributed by atoms with Crippen molar-refractivity contribution in [1.82, 2.24) is 24.9 Å². The molecule has 1 N–H and O–H groups in total. The van der Waals surface area contributed by atoms with E-state index < -0.39 is 35.5 Å². The van der Waals surface area contributed by atoms with Crippen LogP contribution < -0.4 is 5.32 Å². The second-order valence-corrected chi connectivity index (χ2v) is 13.2. The highest BCUT2D eigenvalue weighted by Crippen LogP contribution is 2.43. The maximum Gasteiger partial charge on any atom is 0.411 e. The van der Waals surface area contributed by atoms with Gasteiger partial charge < -0.3 is 15.0 Å². The van der Waals surface area contributed by atoms with Crippen LogP contribution in [-0.4, -0.2) is 74.3 Å². The third-order valence-electron chi connectivity index (χ3n) is 8.88. The summed E-state index contributed by atoms with van der Waals surface area (Å²) in [6.07, 6.45) is 7.35. The largest absolute Gasteiger partial charge is 0.444 e. The molecule has 3 fully saturated rings. The topological polar surface area (TPSA) is 121 Å². The number of ether oxygens (including phenoxy) is 1. The lowest BCUT2D eigenvalue weighted by molar-refractivity contribution is -0.130. The van der Waals surface area contributed by atoms with Gasteiger partial charge in [0.25, 0.3) is 0 Å². The number of nitrogens with one attached hydrogen (secondary N) is 1. The summed E-state index contributed by atoms with van der Waals surface area (Å²) in [6, 6.07) is 5.25. The Morgan fingerprint density at radius 1 is 1.16 bits per heavy atom. The Balaban J connectivity index is 1.19. The van der Waals surface area contributed by atoms with Crippen LogP contribution in [-0.2, 0) is 27.3 Å². The summed E-state index contributed by atoms with van der Waals surface area (Å²) in [5.74, 6) is -0.315. The fraction of sp³-hybridized carbons (Fsp3) is 0.594. The Labute approximate surface area is 252 Å². The van der Waals surface area contributed by atoms with Gasteiger partial charge in [0.2, 0.25) is 11.8 Å². The van der Waals surface area contributed by atoms with Crippen LogP contribution in [0.5, 0.6) is 0 Å². The zero-order valence-electron chi connectivity index (χ0n) is 25.4. The Hall–Kier alpha value is -3.94. The SMILES string of the molecule is CC(=O)N1CCC(Cn2cc(-c3ccc(CC(C#N)NC(=O)C4C5CCC(C5)N4C(=O)OC(C)(C)C)c(F)c3)cn2)CC1. The number of likely N-dealkylation sites (tertiary alicyclic amines) is 2. The van der Waals surface area contributed by atoms with Crippen molar-refractivity contribution in [3.63, 3.8) is 0 Å². The van der Waals surface area contributed by atoms with Crippen LogP contribution in [0, 0.1) is 29.0 Å². The van der Waals surface area contributed by atoms with E-state index >= 15 is 4.39 Å². The summed E-state index contributed by atoms with van der Waals surface area (Å²) in [5, 5.41) is 17.0. The first-order valence-corrected chi connectivity index (χ1v) is 15.2. The van der Waals surface area contributed by atoms with Crippen LogP contribution in [0.25, 0.3) is 11.1 Å². The van der Waals surface area contributed by atoms with Gasteiger partial charge in [-0.3, -0.25) is 19.2 Å². The maximum absolute atomic E-state index is 15.2. The standard InChI is InChI=1S/C32H41FN6O4/c1-20(40)37-11-9-21(10-12-37)18-38-19-25(17-35-38)22-5-6-23(28(33)15-22)13-26(16-34)36-30(41)29-24-7-8-27(14-24)39(29)31(42)43-32(2,3)4/h5-6,15,17,19,21,24,26-27,29H,7-14,18H2,1-4H3,(H,36,41). The molecule has 1 saturated carbocycles. The van der Waals surface area contributed by atoms with Gasteiger partial charge in [-0.25, -0.2) is 9.18 Å². The van der Waals surface area contributed by atoms with Crippen molar-refractivity contribution in [2.45, 2.75) is 96.5 Å². The number of carbonyl (C=O) groups excluding carboxylic acids is 3. The lowest BCUT2D eigenvalue weighted by Gasteiger charge is -2.35. The van der Waals surface area contributed by atoms with Gasteiger partial charge in [-0.1, -0.05) is 12.1 Å². The number of nitrogens with zero attached hydrogens (tertiary/aromatic N) is 5. The van der Waals surface area contributed by atoms with Crippen molar-refractivity contribution in [1.29, 1.82) is 5.26 Å². The van der Waals surface area contributed by atoms with Crippen LogP contribution in [0.4, 0.5) is 9.18 Å². The number of piperidine rings is 2. The van der Waals surface area contributed by atoms with E-state index in [9.17, 15) is 19.6 Å². The van der Waals surface area contributed by atoms with Gasteiger partial charge in [0.05, 0.1) is 12.3 Å². The second-order valence-electron chi connectivity index (χ2n) is 13.2. The number of halogens is 1. The molecule has 3 aliphatic rings. The molecule has 1 aromatic heterocycles. The fourth-order valence-electron chi connectivity index (χ4n) is 6.71. The predicted molar refractivity (Wildman–Crippen MR) is 157 cm³/mol. The molecule has 43 heavy (non-hydrogen) atoms. The fourth-order valence-corrected chi connectivity index (χ4v) is 6.71. The number of fused-ring (bicyclic) bond motifs is 2. The maximum atomic E-state index is 15.2. The summed E-state index contributed by atoms with van der Waals surface area (Å²) in [7, 11) is 0. The molecular formula is C32H41FN6O4. The van der Waals surface area contributed by atoms with Crippen molar-refractivity contribution in [3.05, 3.63) is 42.0 Å². The first-order valence-electron chi connectivity index (χ1n) is 15.2. The molecule has 3 heterocycles. The predicted octanol–water partition coefficient (Wildman–Crippen LogP) is 4.29. The van der Waals surface area contributed by atoms with Crippen LogP contribution in [0.3, 0.4) is 0 Å². The molecule has 2 bridgehead atoms. The monoisotopic (exact) mass is 592 g/mol. The number of hydrogen-bond donors (Lipinski definition) is 1. The molecule has 1 aliphatic carbocycles. The van der Waals surface area contributed by atoms with Gasteiger partial charge in [-0.15, -0.1) is 0 Å². The van der Waals surface area contributed by atoms with E-state index in [2.05, 4.69) is 16.5 Å². The minimum Gasteiger partial charge on any atom is -0.444 e. The molecule has 5 rings (SSSR count). The van der Waals surface area contributed by atoms with E-state index in [0.29, 0.717) is 17.0 Å². The molecule has 0 radical (unpaired) electrons. The molecule has 230 valence electrons. The highest BCUT2D eigenvalue weighted by molar-refractivity contribution is 5.87. The van der Waals surface area contributed by atoms with Crippen LogP contribution in [0.2, 0.25) is 0 Å². The van der Waals surface area contributed by atoms with Crippen molar-refractivity contribution < 1.29 is 23.5 Å². The number of hydrogen-bond acceptors (Lipinski definition) is 6. The molecule has 2 aliphatic heterocycles. The zero-order valence-corrected chi connectivity index (χ0v) is 25.4. The highest BCUT2D eigenvalue weighted by atomic mass is 19.1. The highest BCUT2D eigenvalue weighted by Gasteiger charge is 2.52. The number of benzene rings is 1. The normalized spacial score (nSPS) is 22.7. The van der Waals surface area contributed by atoms with E-state index in [0.717, 1.165) is 57.3 Å². The third kappa shape index (κ3) is 7.00. The zero-order chi connectivity index (χ0) is 30.9. The van der Waals surface area contributed by atoms with Crippen molar-refractivity contribution in [2.75, 3.05) is 13.1 Å². The molecule has 11 heteroatoms. The van der Waals surface area contributed by atoms with Gasteiger partial charge >= 0.3 is 6.09 Å². The Morgan fingerprint density at radius 3 is 2.56 bits per heavy atom. The van der Waals surface area contributed by atoms with Gasteiger partial charge in [-0.05, 0) is 81.9 Å². The number of rotatable bonds is 7. The van der Waals surface area contributed by atoms with Crippen LogP contribution in [0.15, 0.2) is 30.6 Å². The summed E-state index contributed by atoms with van der Waals surface area (Å²) in [5.41, 5.74) is 1.09. The van der Waals surface area contributed by atoms with E-state index in [1.807, 2.05) is 15.8 Å². The molecule has 10 nitrogen and oxygen atoms in total. The quantitative estimate of drug-likeness (QED) is 0.512. The van der Waals surface area contributed by atoms with Crippen molar-refractivity contribution in [3.8, 4) is 17.2 Å². The van der Waals surface area contributed by atoms with Crippen molar-refractivity contribution >= 4 is 17.9 Å². The average Bonchev–Trinajstić information content (AvgIpc) is 3.70. The molecule has 3 amide bonds. The van der Waals surface area contributed by atoms with E-state index in [1.165, 1.54) is 11.0 Å². The smallest absolute Gasteiger partial charge is 0.411 e. The molecule has 4 unspecified atom stereocenters. The number of aromatic nitrogens is 2. The van der Waals surface area contributed by atoms with Gasteiger partial charge in [-0.2, -0.15) is 10.4 Å². The Kier molecular flexibility index (Phi) is 8.76. The molecule has 2 saturated heterocycles. The van der Waals surface area contributed by atoms with Gasteiger partial charge in [0.15, 0.2) is 0 Å².